The molecule has 138 valence electrons. The molecule has 2 heterocycles. The SMILES string of the molecule is COCC1(CNC(=O)C2CCN(C(=O)N(C)C)CC2)CCNCC1. The summed E-state index contributed by atoms with van der Waals surface area (Å²) in [6, 6.07) is 0.0302. The third kappa shape index (κ3) is 4.83. The first-order chi connectivity index (χ1) is 11.5. The number of piperidine rings is 2. The van der Waals surface area contributed by atoms with Crippen molar-refractivity contribution in [2.75, 3.05) is 60.5 Å². The van der Waals surface area contributed by atoms with Gasteiger partial charge >= 0.3 is 6.03 Å². The Labute approximate surface area is 145 Å². The number of nitrogens with zero attached hydrogens (tertiary/aromatic N) is 2. The fourth-order valence-electron chi connectivity index (χ4n) is 3.67. The number of hydrogen-bond donors (Lipinski definition) is 2. The average molecular weight is 340 g/mol. The summed E-state index contributed by atoms with van der Waals surface area (Å²) in [6.45, 7) is 4.63. The smallest absolute Gasteiger partial charge is 0.319 e. The molecule has 0 bridgehead atoms. The van der Waals surface area contributed by atoms with E-state index >= 15 is 0 Å². The molecule has 0 aliphatic carbocycles. The van der Waals surface area contributed by atoms with E-state index in [1.54, 1.807) is 26.1 Å². The van der Waals surface area contributed by atoms with Crippen LogP contribution >= 0.6 is 0 Å². The van der Waals surface area contributed by atoms with Gasteiger partial charge in [-0.2, -0.15) is 0 Å². The molecule has 2 saturated heterocycles. The number of hydrogen-bond acceptors (Lipinski definition) is 4. The molecule has 0 aromatic heterocycles. The van der Waals surface area contributed by atoms with Crippen LogP contribution in [-0.4, -0.2) is 82.3 Å². The molecule has 7 nitrogen and oxygen atoms in total. The van der Waals surface area contributed by atoms with E-state index in [4.69, 9.17) is 4.74 Å². The van der Waals surface area contributed by atoms with Gasteiger partial charge in [-0.25, -0.2) is 4.79 Å². The molecule has 2 fully saturated rings. The number of carbonyl (C=O) groups is 2. The van der Waals surface area contributed by atoms with Crippen LogP contribution < -0.4 is 10.6 Å². The molecule has 0 atom stereocenters. The number of methoxy groups -OCH3 is 1. The van der Waals surface area contributed by atoms with Crippen molar-refractivity contribution in [1.82, 2.24) is 20.4 Å². The van der Waals surface area contributed by atoms with Crippen LogP contribution in [0.3, 0.4) is 0 Å². The Morgan fingerprint density at radius 2 is 1.88 bits per heavy atom. The maximum Gasteiger partial charge on any atom is 0.319 e. The normalized spacial score (nSPS) is 21.4. The molecule has 0 aromatic rings. The Kier molecular flexibility index (Phi) is 6.86. The summed E-state index contributed by atoms with van der Waals surface area (Å²) in [6.07, 6.45) is 3.53. The highest BCUT2D eigenvalue weighted by molar-refractivity contribution is 5.79. The van der Waals surface area contributed by atoms with Crippen molar-refractivity contribution in [2.24, 2.45) is 11.3 Å². The zero-order valence-electron chi connectivity index (χ0n) is 15.3. The molecule has 0 unspecified atom stereocenters. The van der Waals surface area contributed by atoms with E-state index in [1.807, 2.05) is 4.90 Å². The maximum absolute atomic E-state index is 12.5. The molecular weight excluding hydrogens is 308 g/mol. The van der Waals surface area contributed by atoms with Gasteiger partial charge in [0, 0.05) is 52.2 Å². The highest BCUT2D eigenvalue weighted by Gasteiger charge is 2.34. The third-order valence-corrected chi connectivity index (χ3v) is 5.27. The summed E-state index contributed by atoms with van der Waals surface area (Å²) in [7, 11) is 5.24. The fourth-order valence-corrected chi connectivity index (χ4v) is 3.67. The summed E-state index contributed by atoms with van der Waals surface area (Å²) in [5.74, 6) is 0.137. The minimum absolute atomic E-state index is 0.0116. The number of amides is 3. The Balaban J connectivity index is 1.79. The van der Waals surface area contributed by atoms with Gasteiger partial charge in [-0.15, -0.1) is 0 Å². The summed E-state index contributed by atoms with van der Waals surface area (Å²) in [4.78, 5) is 27.9. The van der Waals surface area contributed by atoms with Crippen molar-refractivity contribution in [3.8, 4) is 0 Å². The number of urea groups is 1. The van der Waals surface area contributed by atoms with Crippen LogP contribution in [0, 0.1) is 11.3 Å². The molecule has 2 N–H and O–H groups in total. The number of carbonyl (C=O) groups excluding carboxylic acids is 2. The third-order valence-electron chi connectivity index (χ3n) is 5.27. The largest absolute Gasteiger partial charge is 0.384 e. The van der Waals surface area contributed by atoms with Gasteiger partial charge in [-0.05, 0) is 38.8 Å². The van der Waals surface area contributed by atoms with Crippen LogP contribution in [-0.2, 0) is 9.53 Å². The summed E-state index contributed by atoms with van der Waals surface area (Å²) in [5, 5.41) is 6.52. The van der Waals surface area contributed by atoms with Gasteiger partial charge in [0.1, 0.15) is 0 Å². The van der Waals surface area contributed by atoms with Crippen molar-refractivity contribution in [3.05, 3.63) is 0 Å². The average Bonchev–Trinajstić information content (AvgIpc) is 2.60. The maximum atomic E-state index is 12.5. The second kappa shape index (κ2) is 8.67. The van der Waals surface area contributed by atoms with Gasteiger partial charge in [0.25, 0.3) is 0 Å². The van der Waals surface area contributed by atoms with Crippen LogP contribution in [0.15, 0.2) is 0 Å². The minimum atomic E-state index is 0.0116. The van der Waals surface area contributed by atoms with Crippen LogP contribution in [0.25, 0.3) is 0 Å². The van der Waals surface area contributed by atoms with E-state index < -0.39 is 0 Å². The van der Waals surface area contributed by atoms with Crippen LogP contribution in [0.1, 0.15) is 25.7 Å². The van der Waals surface area contributed by atoms with Crippen molar-refractivity contribution < 1.29 is 14.3 Å². The zero-order chi connectivity index (χ0) is 17.6. The number of ether oxygens (including phenoxy) is 1. The summed E-state index contributed by atoms with van der Waals surface area (Å²) >= 11 is 0. The molecule has 0 aromatic carbocycles. The van der Waals surface area contributed by atoms with Gasteiger partial charge in [0.15, 0.2) is 0 Å². The summed E-state index contributed by atoms with van der Waals surface area (Å²) < 4.78 is 5.40. The molecule has 2 rings (SSSR count). The predicted molar refractivity (Wildman–Crippen MR) is 92.8 cm³/mol. The first-order valence-electron chi connectivity index (χ1n) is 8.91. The first-order valence-corrected chi connectivity index (χ1v) is 8.91. The molecule has 7 heteroatoms. The molecule has 0 saturated carbocycles. The van der Waals surface area contributed by atoms with E-state index in [2.05, 4.69) is 10.6 Å². The van der Waals surface area contributed by atoms with E-state index in [9.17, 15) is 9.59 Å². The summed E-state index contributed by atoms with van der Waals surface area (Å²) in [5.41, 5.74) is 0.0528. The van der Waals surface area contributed by atoms with Crippen molar-refractivity contribution in [3.63, 3.8) is 0 Å². The van der Waals surface area contributed by atoms with Gasteiger partial charge in [0.2, 0.25) is 5.91 Å². The van der Waals surface area contributed by atoms with Crippen molar-refractivity contribution in [2.45, 2.75) is 25.7 Å². The second-order valence-corrected chi connectivity index (χ2v) is 7.34. The highest BCUT2D eigenvalue weighted by Crippen LogP contribution is 2.28. The monoisotopic (exact) mass is 340 g/mol. The van der Waals surface area contributed by atoms with E-state index in [0.717, 1.165) is 38.8 Å². The van der Waals surface area contributed by atoms with E-state index in [1.165, 1.54) is 0 Å². The lowest BCUT2D eigenvalue weighted by molar-refractivity contribution is -0.127. The molecule has 24 heavy (non-hydrogen) atoms. The fraction of sp³-hybridized carbons (Fsp3) is 0.882. The molecule has 0 spiro atoms. The van der Waals surface area contributed by atoms with Gasteiger partial charge < -0.3 is 25.2 Å². The van der Waals surface area contributed by atoms with Crippen LogP contribution in [0.2, 0.25) is 0 Å². The number of nitrogens with one attached hydrogen (secondary N) is 2. The molecule has 3 amide bonds. The Hall–Kier alpha value is -1.34. The standard InChI is InChI=1S/C17H32N4O3/c1-20(2)16(23)21-10-4-14(5-11-21)15(22)19-12-17(13-24-3)6-8-18-9-7-17/h14,18H,4-13H2,1-3H3,(H,19,22). The quantitative estimate of drug-likeness (QED) is 0.765. The highest BCUT2D eigenvalue weighted by atomic mass is 16.5. The Morgan fingerprint density at radius 3 is 2.42 bits per heavy atom. The Bertz CT molecular complexity index is 422. The van der Waals surface area contributed by atoms with Gasteiger partial charge in [-0.3, -0.25) is 4.79 Å². The molecular formula is C17H32N4O3. The topological polar surface area (TPSA) is 73.9 Å². The van der Waals surface area contributed by atoms with Crippen LogP contribution in [0.4, 0.5) is 4.79 Å². The molecule has 2 aliphatic rings. The van der Waals surface area contributed by atoms with Gasteiger partial charge in [-0.1, -0.05) is 0 Å². The Morgan fingerprint density at radius 1 is 1.25 bits per heavy atom. The van der Waals surface area contributed by atoms with E-state index in [0.29, 0.717) is 26.2 Å². The zero-order valence-corrected chi connectivity index (χ0v) is 15.3. The molecule has 2 aliphatic heterocycles. The van der Waals surface area contributed by atoms with Gasteiger partial charge in [0.05, 0.1) is 6.61 Å². The lowest BCUT2D eigenvalue weighted by atomic mass is 9.79. The number of likely N-dealkylation sites (tertiary alicyclic amines) is 1. The molecule has 0 radical (unpaired) electrons. The first kappa shape index (κ1) is 19.0. The lowest BCUT2D eigenvalue weighted by Gasteiger charge is -2.38. The lowest BCUT2D eigenvalue weighted by Crippen LogP contribution is -2.50. The minimum Gasteiger partial charge on any atom is -0.384 e. The van der Waals surface area contributed by atoms with Crippen molar-refractivity contribution in [1.29, 1.82) is 0 Å². The second-order valence-electron chi connectivity index (χ2n) is 7.34. The van der Waals surface area contributed by atoms with E-state index in [-0.39, 0.29) is 23.3 Å². The predicted octanol–water partition coefficient (Wildman–Crippen LogP) is 0.512. The van der Waals surface area contributed by atoms with Crippen molar-refractivity contribution >= 4 is 11.9 Å². The number of rotatable bonds is 5. The van der Waals surface area contributed by atoms with Crippen LogP contribution in [0.5, 0.6) is 0 Å².